The Balaban J connectivity index is 1.59. The van der Waals surface area contributed by atoms with Gasteiger partial charge in [0.1, 0.15) is 0 Å². The van der Waals surface area contributed by atoms with Crippen LogP contribution in [0.2, 0.25) is 0 Å². The van der Waals surface area contributed by atoms with Gasteiger partial charge in [-0.1, -0.05) is 0 Å². The number of hydrogen-bond acceptors (Lipinski definition) is 5. The van der Waals surface area contributed by atoms with Gasteiger partial charge in [0.05, 0.1) is 19.3 Å². The first kappa shape index (κ1) is 12.3. The smallest absolute Gasteiger partial charge is 0.0811 e. The Morgan fingerprint density at radius 3 is 2.12 bits per heavy atom. The quantitative estimate of drug-likeness (QED) is 0.669. The zero-order valence-electron chi connectivity index (χ0n) is 9.94. The summed E-state index contributed by atoms with van der Waals surface area (Å²) in [5.41, 5.74) is 0. The van der Waals surface area contributed by atoms with Gasteiger partial charge in [0.2, 0.25) is 0 Å². The Bertz CT molecular complexity index is 190. The lowest BCUT2D eigenvalue weighted by molar-refractivity contribution is -0.000288. The third-order valence-corrected chi connectivity index (χ3v) is 3.56. The minimum atomic E-state index is 0.277. The van der Waals surface area contributed by atoms with Gasteiger partial charge < -0.3 is 14.5 Å². The Labute approximate surface area is 97.4 Å². The van der Waals surface area contributed by atoms with Crippen molar-refractivity contribution in [2.24, 2.45) is 5.90 Å². The van der Waals surface area contributed by atoms with Crippen LogP contribution in [-0.4, -0.2) is 68.4 Å². The number of piperidine rings is 1. The van der Waals surface area contributed by atoms with Crippen LogP contribution in [0.1, 0.15) is 12.8 Å². The average Bonchev–Trinajstić information content (AvgIpc) is 2.38. The molecule has 0 radical (unpaired) electrons. The van der Waals surface area contributed by atoms with Crippen LogP contribution in [-0.2, 0) is 9.57 Å². The second-order valence-electron chi connectivity index (χ2n) is 4.63. The first-order valence-corrected chi connectivity index (χ1v) is 6.26. The average molecular weight is 229 g/mol. The monoisotopic (exact) mass is 229 g/mol. The third-order valence-electron chi connectivity index (χ3n) is 3.56. The number of nitrogens with two attached hydrogens (primary N) is 1. The molecule has 0 aromatic rings. The van der Waals surface area contributed by atoms with Gasteiger partial charge in [-0.2, -0.15) is 0 Å². The molecule has 2 heterocycles. The largest absolute Gasteiger partial charge is 0.379 e. The minimum Gasteiger partial charge on any atom is -0.379 e. The van der Waals surface area contributed by atoms with E-state index in [2.05, 4.69) is 9.80 Å². The summed E-state index contributed by atoms with van der Waals surface area (Å²) in [4.78, 5) is 9.87. The third kappa shape index (κ3) is 3.68. The van der Waals surface area contributed by atoms with E-state index in [-0.39, 0.29) is 6.10 Å². The molecule has 0 amide bonds. The second-order valence-corrected chi connectivity index (χ2v) is 4.63. The molecule has 0 spiro atoms. The van der Waals surface area contributed by atoms with Crippen molar-refractivity contribution in [2.45, 2.75) is 18.9 Å². The maximum absolute atomic E-state index is 5.33. The normalized spacial score (nSPS) is 26.1. The fourth-order valence-corrected chi connectivity index (χ4v) is 2.38. The molecule has 0 atom stereocenters. The number of nitrogens with zero attached hydrogens (tertiary/aromatic N) is 2. The summed E-state index contributed by atoms with van der Waals surface area (Å²) in [6.07, 6.45) is 2.42. The molecular formula is C11H23N3O2. The number of hydrogen-bond donors (Lipinski definition) is 1. The van der Waals surface area contributed by atoms with E-state index in [9.17, 15) is 0 Å². The first-order valence-electron chi connectivity index (χ1n) is 6.26. The fourth-order valence-electron chi connectivity index (χ4n) is 2.38. The number of rotatable bonds is 4. The molecule has 5 nitrogen and oxygen atoms in total. The highest BCUT2D eigenvalue weighted by molar-refractivity contribution is 4.73. The molecule has 0 bridgehead atoms. The van der Waals surface area contributed by atoms with E-state index in [1.54, 1.807) is 0 Å². The van der Waals surface area contributed by atoms with Gasteiger partial charge in [0.15, 0.2) is 0 Å². The summed E-state index contributed by atoms with van der Waals surface area (Å²) in [6.45, 7) is 8.52. The SMILES string of the molecule is NOC1CCN(CCN2CCOCC2)CC1. The molecule has 2 aliphatic rings. The van der Waals surface area contributed by atoms with Crippen molar-refractivity contribution in [1.82, 2.24) is 9.80 Å². The van der Waals surface area contributed by atoms with Crippen molar-refractivity contribution in [2.75, 3.05) is 52.5 Å². The first-order chi connectivity index (χ1) is 7.88. The van der Waals surface area contributed by atoms with Crippen LogP contribution in [0.4, 0.5) is 0 Å². The van der Waals surface area contributed by atoms with Gasteiger partial charge in [-0.3, -0.25) is 4.90 Å². The highest BCUT2D eigenvalue weighted by Crippen LogP contribution is 2.11. The van der Waals surface area contributed by atoms with Gasteiger partial charge in [-0.15, -0.1) is 0 Å². The van der Waals surface area contributed by atoms with Crippen molar-refractivity contribution in [1.29, 1.82) is 0 Å². The van der Waals surface area contributed by atoms with E-state index in [0.29, 0.717) is 0 Å². The Kier molecular flexibility index (Phi) is 4.99. The molecule has 2 N–H and O–H groups in total. The Morgan fingerprint density at radius 1 is 1.00 bits per heavy atom. The number of ether oxygens (including phenoxy) is 1. The molecule has 2 aliphatic heterocycles. The summed E-state index contributed by atoms with van der Waals surface area (Å²) in [7, 11) is 0. The topological polar surface area (TPSA) is 51.0 Å². The van der Waals surface area contributed by atoms with Crippen molar-refractivity contribution < 1.29 is 9.57 Å². The molecule has 5 heteroatoms. The summed E-state index contributed by atoms with van der Waals surface area (Å²) in [5.74, 6) is 5.20. The van der Waals surface area contributed by atoms with E-state index in [1.165, 1.54) is 0 Å². The highest BCUT2D eigenvalue weighted by atomic mass is 16.6. The standard InChI is InChI=1S/C11H23N3O2/c12-16-11-1-3-13(4-2-11)5-6-14-7-9-15-10-8-14/h11H,1-10,12H2. The predicted molar refractivity (Wildman–Crippen MR) is 62.0 cm³/mol. The van der Waals surface area contributed by atoms with Crippen LogP contribution in [0.3, 0.4) is 0 Å². The minimum absolute atomic E-state index is 0.277. The molecule has 0 aliphatic carbocycles. The van der Waals surface area contributed by atoms with E-state index in [4.69, 9.17) is 15.5 Å². The summed E-state index contributed by atoms with van der Waals surface area (Å²) < 4.78 is 5.33. The molecule has 0 unspecified atom stereocenters. The zero-order chi connectivity index (χ0) is 11.2. The lowest BCUT2D eigenvalue weighted by Gasteiger charge is -2.33. The predicted octanol–water partition coefficient (Wildman–Crippen LogP) is -0.327. The van der Waals surface area contributed by atoms with Crippen LogP contribution in [0.15, 0.2) is 0 Å². The van der Waals surface area contributed by atoms with Gasteiger partial charge >= 0.3 is 0 Å². The highest BCUT2D eigenvalue weighted by Gasteiger charge is 2.19. The van der Waals surface area contributed by atoms with Crippen LogP contribution >= 0.6 is 0 Å². The molecule has 0 saturated carbocycles. The van der Waals surface area contributed by atoms with Gasteiger partial charge in [0, 0.05) is 39.3 Å². The van der Waals surface area contributed by atoms with Crippen LogP contribution in [0.5, 0.6) is 0 Å². The van der Waals surface area contributed by atoms with Crippen LogP contribution in [0.25, 0.3) is 0 Å². The zero-order valence-corrected chi connectivity index (χ0v) is 9.94. The molecular weight excluding hydrogens is 206 g/mol. The van der Waals surface area contributed by atoms with Gasteiger partial charge in [0.25, 0.3) is 0 Å². The Hall–Kier alpha value is -0.200. The van der Waals surface area contributed by atoms with E-state index in [1.807, 2.05) is 0 Å². The molecule has 0 aromatic heterocycles. The molecule has 94 valence electrons. The lowest BCUT2D eigenvalue weighted by Crippen LogP contribution is -2.44. The number of morpholine rings is 1. The summed E-state index contributed by atoms with van der Waals surface area (Å²) in [5, 5.41) is 0. The van der Waals surface area contributed by atoms with Gasteiger partial charge in [-0.25, -0.2) is 5.90 Å². The molecule has 2 fully saturated rings. The Morgan fingerprint density at radius 2 is 1.56 bits per heavy atom. The van der Waals surface area contributed by atoms with Crippen molar-refractivity contribution in [3.05, 3.63) is 0 Å². The maximum atomic E-state index is 5.33. The van der Waals surface area contributed by atoms with Crippen LogP contribution in [0, 0.1) is 0 Å². The van der Waals surface area contributed by atoms with Crippen molar-refractivity contribution in [3.63, 3.8) is 0 Å². The van der Waals surface area contributed by atoms with E-state index in [0.717, 1.165) is 65.3 Å². The molecule has 16 heavy (non-hydrogen) atoms. The lowest BCUT2D eigenvalue weighted by atomic mass is 10.1. The second kappa shape index (κ2) is 6.51. The summed E-state index contributed by atoms with van der Waals surface area (Å²) in [6, 6.07) is 0. The van der Waals surface area contributed by atoms with E-state index >= 15 is 0 Å². The number of likely N-dealkylation sites (tertiary alicyclic amines) is 1. The van der Waals surface area contributed by atoms with E-state index < -0.39 is 0 Å². The van der Waals surface area contributed by atoms with Crippen LogP contribution < -0.4 is 5.90 Å². The molecule has 0 aromatic carbocycles. The summed E-state index contributed by atoms with van der Waals surface area (Å²) >= 11 is 0. The molecule has 2 saturated heterocycles. The fraction of sp³-hybridized carbons (Fsp3) is 1.00. The maximum Gasteiger partial charge on any atom is 0.0811 e. The van der Waals surface area contributed by atoms with Crippen molar-refractivity contribution in [3.8, 4) is 0 Å². The molecule has 2 rings (SSSR count). The van der Waals surface area contributed by atoms with Crippen molar-refractivity contribution >= 4 is 0 Å². The van der Waals surface area contributed by atoms with Gasteiger partial charge in [-0.05, 0) is 12.8 Å².